The van der Waals surface area contributed by atoms with E-state index in [4.69, 9.17) is 9.47 Å². The van der Waals surface area contributed by atoms with Crippen LogP contribution < -0.4 is 14.8 Å². The molecule has 162 valence electrons. The number of ether oxygens (including phenoxy) is 2. The molecule has 0 spiro atoms. The summed E-state index contributed by atoms with van der Waals surface area (Å²) in [4.78, 5) is 27.7. The molecule has 2 aromatic rings. The molecule has 1 aliphatic rings. The van der Waals surface area contributed by atoms with Gasteiger partial charge in [0.25, 0.3) is 11.8 Å². The number of methoxy groups -OCH3 is 1. The third-order valence-electron chi connectivity index (χ3n) is 4.72. The fourth-order valence-corrected chi connectivity index (χ4v) is 4.10. The molecule has 1 heterocycles. The largest absolute Gasteiger partial charge is 0.493 e. The van der Waals surface area contributed by atoms with E-state index in [0.29, 0.717) is 40.7 Å². The van der Waals surface area contributed by atoms with E-state index >= 15 is 0 Å². The molecular weight excluding hydrogens is 400 g/mol. The molecular formula is C23H30N2O4S. The maximum Gasteiger partial charge on any atom is 0.264 e. The van der Waals surface area contributed by atoms with Gasteiger partial charge >= 0.3 is 0 Å². The summed E-state index contributed by atoms with van der Waals surface area (Å²) < 4.78 is 11.0. The summed E-state index contributed by atoms with van der Waals surface area (Å²) in [6.45, 7) is 6.39. The number of imide groups is 1. The highest BCUT2D eigenvalue weighted by molar-refractivity contribution is 7.98. The fourth-order valence-electron chi connectivity index (χ4n) is 3.44. The van der Waals surface area contributed by atoms with Gasteiger partial charge in [0, 0.05) is 18.5 Å². The van der Waals surface area contributed by atoms with Gasteiger partial charge in [-0.15, -0.1) is 0 Å². The molecule has 1 atom stereocenters. The Morgan fingerprint density at radius 3 is 2.43 bits per heavy atom. The van der Waals surface area contributed by atoms with Crippen molar-refractivity contribution in [2.45, 2.75) is 26.8 Å². The molecule has 1 unspecified atom stereocenters. The predicted octanol–water partition coefficient (Wildman–Crippen LogP) is 4.86. The van der Waals surface area contributed by atoms with E-state index < -0.39 is 6.04 Å². The third kappa shape index (κ3) is 4.41. The summed E-state index contributed by atoms with van der Waals surface area (Å²) in [5.41, 5.74) is 2.35. The second-order valence-corrected chi connectivity index (χ2v) is 7.18. The van der Waals surface area contributed by atoms with Gasteiger partial charge in [0.2, 0.25) is 0 Å². The van der Waals surface area contributed by atoms with Gasteiger partial charge in [0.15, 0.2) is 11.5 Å². The number of carbonyl (C=O) groups is 2. The topological polar surface area (TPSA) is 67.9 Å². The van der Waals surface area contributed by atoms with Crippen LogP contribution in [0.2, 0.25) is 0 Å². The molecule has 0 radical (unpaired) electrons. The van der Waals surface area contributed by atoms with Crippen LogP contribution in [0.5, 0.6) is 11.5 Å². The molecule has 0 bridgehead atoms. The zero-order valence-electron chi connectivity index (χ0n) is 18.4. The van der Waals surface area contributed by atoms with Crippen LogP contribution in [0.3, 0.4) is 0 Å². The Morgan fingerprint density at radius 2 is 1.83 bits per heavy atom. The molecule has 6 nitrogen and oxygen atoms in total. The van der Waals surface area contributed by atoms with Gasteiger partial charge in [-0.25, -0.2) is 0 Å². The number of thioether (sulfide) groups is 1. The maximum atomic E-state index is 13.2. The lowest BCUT2D eigenvalue weighted by Crippen LogP contribution is -2.35. The van der Waals surface area contributed by atoms with Crippen molar-refractivity contribution < 1.29 is 19.1 Å². The Labute approximate surface area is 182 Å². The lowest BCUT2D eigenvalue weighted by atomic mass is 10.1. The number of fused-ring (bicyclic) bond motifs is 1. The average Bonchev–Trinajstić information content (AvgIpc) is 3.04. The normalized spacial score (nSPS) is 13.3. The maximum absolute atomic E-state index is 13.2. The van der Waals surface area contributed by atoms with Gasteiger partial charge in [-0.2, -0.15) is 11.8 Å². The van der Waals surface area contributed by atoms with Crippen LogP contribution in [-0.4, -0.2) is 49.5 Å². The lowest BCUT2D eigenvalue weighted by Gasteiger charge is -2.27. The van der Waals surface area contributed by atoms with Crippen LogP contribution in [0.25, 0.3) is 0 Å². The Kier molecular flexibility index (Phi) is 8.59. The smallest absolute Gasteiger partial charge is 0.264 e. The lowest BCUT2D eigenvalue weighted by molar-refractivity contribution is 0.0598. The highest BCUT2D eigenvalue weighted by Gasteiger charge is 2.42. The molecule has 2 amide bonds. The van der Waals surface area contributed by atoms with E-state index in [9.17, 15) is 9.59 Å². The minimum absolute atomic E-state index is 0.273. The Morgan fingerprint density at radius 1 is 1.10 bits per heavy atom. The second kappa shape index (κ2) is 10.9. The van der Waals surface area contributed by atoms with Crippen molar-refractivity contribution in [1.29, 1.82) is 0 Å². The molecule has 3 rings (SSSR count). The number of anilines is 1. The quantitative estimate of drug-likeness (QED) is 0.603. The first-order valence-corrected chi connectivity index (χ1v) is 11.4. The number of nitrogens with zero attached hydrogens (tertiary/aromatic N) is 1. The zero-order valence-corrected chi connectivity index (χ0v) is 19.3. The number of amides is 2. The minimum Gasteiger partial charge on any atom is -0.493 e. The first kappa shape index (κ1) is 23.6. The fraction of sp³-hybridized carbons (Fsp3) is 0.391. The molecule has 7 heteroatoms. The summed E-state index contributed by atoms with van der Waals surface area (Å²) in [5, 5.41) is 3.01. The average molecular weight is 431 g/mol. The van der Waals surface area contributed by atoms with Crippen molar-refractivity contribution in [2.75, 3.05) is 38.1 Å². The van der Waals surface area contributed by atoms with E-state index in [1.807, 2.05) is 45.2 Å². The number of benzene rings is 2. The Hall–Kier alpha value is -2.67. The van der Waals surface area contributed by atoms with E-state index in [1.54, 1.807) is 44.1 Å². The number of rotatable bonds is 8. The molecule has 0 saturated carbocycles. The second-order valence-electron chi connectivity index (χ2n) is 6.27. The molecule has 2 aromatic carbocycles. The zero-order chi connectivity index (χ0) is 22.3. The van der Waals surface area contributed by atoms with Gasteiger partial charge in [-0.1, -0.05) is 26.0 Å². The van der Waals surface area contributed by atoms with Crippen molar-refractivity contribution in [3.63, 3.8) is 0 Å². The number of hydrogen-bond acceptors (Lipinski definition) is 6. The van der Waals surface area contributed by atoms with Crippen LogP contribution in [0.4, 0.5) is 5.69 Å². The van der Waals surface area contributed by atoms with Crippen LogP contribution >= 0.6 is 11.8 Å². The van der Waals surface area contributed by atoms with Gasteiger partial charge in [-0.3, -0.25) is 14.5 Å². The molecule has 0 saturated heterocycles. The van der Waals surface area contributed by atoms with Crippen LogP contribution in [0, 0.1) is 0 Å². The summed E-state index contributed by atoms with van der Waals surface area (Å²) in [5.74, 6) is 1.25. The Bertz CT molecular complexity index is 901. The van der Waals surface area contributed by atoms with E-state index in [0.717, 1.165) is 5.56 Å². The van der Waals surface area contributed by atoms with Gasteiger partial charge < -0.3 is 14.8 Å². The molecule has 0 aromatic heterocycles. The van der Waals surface area contributed by atoms with Crippen molar-refractivity contribution in [3.05, 3.63) is 53.1 Å². The van der Waals surface area contributed by atoms with E-state index in [1.165, 1.54) is 4.90 Å². The number of carbonyl (C=O) groups excluding carboxylic acids is 2. The first-order valence-electron chi connectivity index (χ1n) is 10.1. The molecule has 0 fully saturated rings. The van der Waals surface area contributed by atoms with Crippen LogP contribution in [-0.2, 0) is 0 Å². The summed E-state index contributed by atoms with van der Waals surface area (Å²) in [6, 6.07) is 10.4. The molecule has 30 heavy (non-hydrogen) atoms. The standard InChI is InChI=1S/C21H24N2O4S.C2H6/c1-5-27-18-11-13(9-10-17(18)26-3)16(12-28-4)23-20(24)14-7-6-8-15(22-2)19(14)21(23)25;1-2/h6-11,16,22H,5,12H2,1-4H3;1-2H3. The number of hydrogen-bond donors (Lipinski definition) is 1. The Balaban J connectivity index is 0.00000155. The summed E-state index contributed by atoms with van der Waals surface area (Å²) in [7, 11) is 3.33. The molecule has 0 aliphatic carbocycles. The molecule has 1 aliphatic heterocycles. The van der Waals surface area contributed by atoms with Crippen LogP contribution in [0.15, 0.2) is 36.4 Å². The highest BCUT2D eigenvalue weighted by atomic mass is 32.2. The van der Waals surface area contributed by atoms with Gasteiger partial charge in [-0.05, 0) is 43.0 Å². The SMILES string of the molecule is CC.CCOc1cc(C(CSC)N2C(=O)c3cccc(NC)c3C2=O)ccc1OC. The minimum atomic E-state index is -0.405. The molecule has 1 N–H and O–H groups in total. The van der Waals surface area contributed by atoms with Crippen molar-refractivity contribution >= 4 is 29.3 Å². The summed E-state index contributed by atoms with van der Waals surface area (Å²) in [6.07, 6.45) is 1.96. The van der Waals surface area contributed by atoms with Crippen LogP contribution in [0.1, 0.15) is 53.1 Å². The van der Waals surface area contributed by atoms with Gasteiger partial charge in [0.05, 0.1) is 30.9 Å². The third-order valence-corrected chi connectivity index (χ3v) is 5.37. The summed E-state index contributed by atoms with van der Waals surface area (Å²) >= 11 is 1.58. The van der Waals surface area contributed by atoms with E-state index in [-0.39, 0.29) is 11.8 Å². The first-order chi connectivity index (χ1) is 14.6. The predicted molar refractivity (Wildman–Crippen MR) is 123 cm³/mol. The monoisotopic (exact) mass is 430 g/mol. The van der Waals surface area contributed by atoms with Crippen molar-refractivity contribution in [3.8, 4) is 11.5 Å². The van der Waals surface area contributed by atoms with Crippen molar-refractivity contribution in [2.24, 2.45) is 0 Å². The van der Waals surface area contributed by atoms with Gasteiger partial charge in [0.1, 0.15) is 0 Å². The highest BCUT2D eigenvalue weighted by Crippen LogP contribution is 2.38. The number of nitrogens with one attached hydrogen (secondary N) is 1. The van der Waals surface area contributed by atoms with Crippen molar-refractivity contribution in [1.82, 2.24) is 4.90 Å². The van der Waals surface area contributed by atoms with E-state index in [2.05, 4.69) is 5.32 Å².